The highest BCUT2D eigenvalue weighted by Gasteiger charge is 1.98. The van der Waals surface area contributed by atoms with E-state index in [0.717, 1.165) is 22.8 Å². The summed E-state index contributed by atoms with van der Waals surface area (Å²) in [4.78, 5) is 4.13. The molecule has 2 aromatic rings. The van der Waals surface area contributed by atoms with Gasteiger partial charge in [-0.15, -0.1) is 0 Å². The zero-order valence-corrected chi connectivity index (χ0v) is 10.4. The minimum atomic E-state index is 0.727. The Hall–Kier alpha value is -2.36. The highest BCUT2D eigenvalue weighted by Crippen LogP contribution is 2.12. The standard InChI is InChI=1S/C14H15N3O/c1-11(12-6-8-13(18-2)9-7-12)16-17-14-5-3-4-10-15-14/h3-10H,1-2H3,(H,15,17). The summed E-state index contributed by atoms with van der Waals surface area (Å²) >= 11 is 0. The molecule has 2 rings (SSSR count). The van der Waals surface area contributed by atoms with E-state index < -0.39 is 0 Å². The third kappa shape index (κ3) is 3.07. The van der Waals surface area contributed by atoms with Crippen molar-refractivity contribution >= 4 is 11.5 Å². The van der Waals surface area contributed by atoms with E-state index >= 15 is 0 Å². The lowest BCUT2D eigenvalue weighted by Gasteiger charge is -2.04. The molecule has 0 aliphatic rings. The van der Waals surface area contributed by atoms with Crippen LogP contribution in [-0.2, 0) is 0 Å². The molecule has 4 nitrogen and oxygen atoms in total. The molecule has 0 saturated carbocycles. The Labute approximate surface area is 106 Å². The molecule has 0 bridgehead atoms. The first kappa shape index (κ1) is 12.1. The van der Waals surface area contributed by atoms with E-state index in [9.17, 15) is 0 Å². The Balaban J connectivity index is 2.08. The first-order chi connectivity index (χ1) is 8.79. The number of methoxy groups -OCH3 is 1. The molecule has 0 spiro atoms. The van der Waals surface area contributed by atoms with Gasteiger partial charge >= 0.3 is 0 Å². The summed E-state index contributed by atoms with van der Waals surface area (Å²) in [5.74, 6) is 1.56. The SMILES string of the molecule is COc1ccc(C(C)=NNc2ccccn2)cc1. The number of pyridine rings is 1. The minimum absolute atomic E-state index is 0.727. The summed E-state index contributed by atoms with van der Waals surface area (Å²) in [5, 5.41) is 4.28. The van der Waals surface area contributed by atoms with Crippen LogP contribution in [0.25, 0.3) is 0 Å². The van der Waals surface area contributed by atoms with Crippen LogP contribution < -0.4 is 10.2 Å². The molecule has 4 heteroatoms. The van der Waals surface area contributed by atoms with Gasteiger partial charge in [-0.2, -0.15) is 5.10 Å². The number of hydrogen-bond donors (Lipinski definition) is 1. The fraction of sp³-hybridized carbons (Fsp3) is 0.143. The van der Waals surface area contributed by atoms with Crippen molar-refractivity contribution in [3.8, 4) is 5.75 Å². The summed E-state index contributed by atoms with van der Waals surface area (Å²) in [6.45, 7) is 1.94. The van der Waals surface area contributed by atoms with Crippen molar-refractivity contribution < 1.29 is 4.74 Å². The molecule has 0 saturated heterocycles. The molecule has 18 heavy (non-hydrogen) atoms. The van der Waals surface area contributed by atoms with E-state index in [1.54, 1.807) is 13.3 Å². The zero-order valence-electron chi connectivity index (χ0n) is 10.4. The number of nitrogens with zero attached hydrogens (tertiary/aromatic N) is 2. The van der Waals surface area contributed by atoms with Crippen molar-refractivity contribution in [2.24, 2.45) is 5.10 Å². The van der Waals surface area contributed by atoms with Gasteiger partial charge in [0.1, 0.15) is 11.6 Å². The van der Waals surface area contributed by atoms with E-state index in [-0.39, 0.29) is 0 Å². The van der Waals surface area contributed by atoms with Crippen LogP contribution >= 0.6 is 0 Å². The number of nitrogens with one attached hydrogen (secondary N) is 1. The lowest BCUT2D eigenvalue weighted by molar-refractivity contribution is 0.415. The first-order valence-electron chi connectivity index (χ1n) is 5.65. The number of aromatic nitrogens is 1. The number of anilines is 1. The number of ether oxygens (including phenoxy) is 1. The second-order valence-electron chi connectivity index (χ2n) is 3.75. The molecule has 0 fully saturated rings. The topological polar surface area (TPSA) is 46.5 Å². The van der Waals surface area contributed by atoms with Gasteiger partial charge in [-0.25, -0.2) is 4.98 Å². The van der Waals surface area contributed by atoms with Crippen LogP contribution in [0.3, 0.4) is 0 Å². The molecule has 92 valence electrons. The number of hydrazone groups is 1. The summed E-state index contributed by atoms with van der Waals surface area (Å²) in [5.41, 5.74) is 4.85. The normalized spacial score (nSPS) is 11.1. The summed E-state index contributed by atoms with van der Waals surface area (Å²) in [6.07, 6.45) is 1.72. The third-order valence-electron chi connectivity index (χ3n) is 2.51. The van der Waals surface area contributed by atoms with Gasteiger partial charge in [0, 0.05) is 6.20 Å². The van der Waals surface area contributed by atoms with Gasteiger partial charge in [-0.1, -0.05) is 6.07 Å². The second-order valence-corrected chi connectivity index (χ2v) is 3.75. The van der Waals surface area contributed by atoms with E-state index in [1.807, 2.05) is 49.4 Å². The molecule has 0 atom stereocenters. The minimum Gasteiger partial charge on any atom is -0.497 e. The van der Waals surface area contributed by atoms with E-state index in [4.69, 9.17) is 4.74 Å². The summed E-state index contributed by atoms with van der Waals surface area (Å²) < 4.78 is 5.11. The highest BCUT2D eigenvalue weighted by molar-refractivity contribution is 5.99. The van der Waals surface area contributed by atoms with Crippen molar-refractivity contribution in [2.45, 2.75) is 6.92 Å². The fourth-order valence-corrected chi connectivity index (χ4v) is 1.47. The van der Waals surface area contributed by atoms with Crippen LogP contribution in [0, 0.1) is 0 Å². The lowest BCUT2D eigenvalue weighted by Crippen LogP contribution is -2.00. The molecule has 1 heterocycles. The Morgan fingerprint density at radius 2 is 1.94 bits per heavy atom. The van der Waals surface area contributed by atoms with Crippen LogP contribution in [0.4, 0.5) is 5.82 Å². The third-order valence-corrected chi connectivity index (χ3v) is 2.51. The largest absolute Gasteiger partial charge is 0.497 e. The number of hydrogen-bond acceptors (Lipinski definition) is 4. The van der Waals surface area contributed by atoms with E-state index in [2.05, 4.69) is 15.5 Å². The van der Waals surface area contributed by atoms with Gasteiger partial charge in [0.2, 0.25) is 0 Å². The van der Waals surface area contributed by atoms with Gasteiger partial charge in [-0.05, 0) is 48.9 Å². The van der Waals surface area contributed by atoms with Crippen molar-refractivity contribution in [1.82, 2.24) is 4.98 Å². The Morgan fingerprint density at radius 1 is 1.17 bits per heavy atom. The highest BCUT2D eigenvalue weighted by atomic mass is 16.5. The molecule has 1 aromatic heterocycles. The van der Waals surface area contributed by atoms with Crippen molar-refractivity contribution in [1.29, 1.82) is 0 Å². The van der Waals surface area contributed by atoms with Crippen molar-refractivity contribution in [3.05, 3.63) is 54.2 Å². The monoisotopic (exact) mass is 241 g/mol. The van der Waals surface area contributed by atoms with Crippen LogP contribution in [0.1, 0.15) is 12.5 Å². The van der Waals surface area contributed by atoms with Crippen molar-refractivity contribution in [3.63, 3.8) is 0 Å². The molecular formula is C14H15N3O. The molecule has 1 N–H and O–H groups in total. The first-order valence-corrected chi connectivity index (χ1v) is 5.65. The van der Waals surface area contributed by atoms with E-state index in [1.165, 1.54) is 0 Å². The van der Waals surface area contributed by atoms with Crippen LogP contribution in [-0.4, -0.2) is 17.8 Å². The van der Waals surface area contributed by atoms with Crippen LogP contribution in [0.2, 0.25) is 0 Å². The maximum atomic E-state index is 5.11. The molecular weight excluding hydrogens is 226 g/mol. The second kappa shape index (κ2) is 5.82. The molecule has 0 radical (unpaired) electrons. The Kier molecular flexibility index (Phi) is 3.91. The molecule has 0 amide bonds. The van der Waals surface area contributed by atoms with Gasteiger partial charge in [0.05, 0.1) is 12.8 Å². The average Bonchev–Trinajstić information content (AvgIpc) is 2.46. The summed E-state index contributed by atoms with van der Waals surface area (Å²) in [7, 11) is 1.65. The smallest absolute Gasteiger partial charge is 0.146 e. The number of rotatable bonds is 4. The van der Waals surface area contributed by atoms with Gasteiger partial charge < -0.3 is 4.74 Å². The molecule has 0 unspecified atom stereocenters. The fourth-order valence-electron chi connectivity index (χ4n) is 1.47. The van der Waals surface area contributed by atoms with Crippen LogP contribution in [0.15, 0.2) is 53.8 Å². The molecule has 0 aliphatic carbocycles. The number of benzene rings is 1. The average molecular weight is 241 g/mol. The van der Waals surface area contributed by atoms with Crippen molar-refractivity contribution in [2.75, 3.05) is 12.5 Å². The quantitative estimate of drug-likeness (QED) is 0.661. The molecule has 0 aliphatic heterocycles. The van der Waals surface area contributed by atoms with Gasteiger partial charge in [0.25, 0.3) is 0 Å². The van der Waals surface area contributed by atoms with Crippen LogP contribution in [0.5, 0.6) is 5.75 Å². The lowest BCUT2D eigenvalue weighted by atomic mass is 10.1. The Bertz CT molecular complexity index is 520. The maximum absolute atomic E-state index is 5.11. The maximum Gasteiger partial charge on any atom is 0.146 e. The predicted octanol–water partition coefficient (Wildman–Crippen LogP) is 2.93. The summed E-state index contributed by atoms with van der Waals surface area (Å²) in [6, 6.07) is 13.4. The van der Waals surface area contributed by atoms with Gasteiger partial charge in [0.15, 0.2) is 0 Å². The Morgan fingerprint density at radius 3 is 2.56 bits per heavy atom. The predicted molar refractivity (Wildman–Crippen MR) is 73.1 cm³/mol. The van der Waals surface area contributed by atoms with Gasteiger partial charge in [-0.3, -0.25) is 5.43 Å². The zero-order chi connectivity index (χ0) is 12.8. The van der Waals surface area contributed by atoms with E-state index in [0.29, 0.717) is 0 Å². The molecule has 1 aromatic carbocycles.